The van der Waals surface area contributed by atoms with Gasteiger partial charge in [-0.05, 0) is 68.7 Å². The Bertz CT molecular complexity index is 1580. The van der Waals surface area contributed by atoms with Crippen LogP contribution in [0, 0.1) is 11.7 Å². The van der Waals surface area contributed by atoms with Gasteiger partial charge in [-0.2, -0.15) is 0 Å². The summed E-state index contributed by atoms with van der Waals surface area (Å²) in [7, 11) is 0. The lowest BCUT2D eigenvalue weighted by molar-refractivity contribution is -0.117. The summed E-state index contributed by atoms with van der Waals surface area (Å²) in [6, 6.07) is 11.0. The van der Waals surface area contributed by atoms with E-state index in [1.54, 1.807) is 12.1 Å². The maximum Gasteiger partial charge on any atom is 0.276 e. The number of anilines is 4. The van der Waals surface area contributed by atoms with Crippen LogP contribution in [-0.2, 0) is 4.79 Å². The third kappa shape index (κ3) is 6.57. The largest absolute Gasteiger partial charge is 0.379 e. The number of nitrogens with one attached hydrogen (secondary N) is 4. The van der Waals surface area contributed by atoms with Crippen LogP contribution in [0.4, 0.5) is 27.3 Å². The van der Waals surface area contributed by atoms with Gasteiger partial charge in [-0.1, -0.05) is 17.7 Å². The molecule has 2 fully saturated rings. The van der Waals surface area contributed by atoms with E-state index < -0.39 is 11.7 Å². The van der Waals surface area contributed by atoms with Crippen molar-refractivity contribution in [1.29, 1.82) is 0 Å². The minimum atomic E-state index is -0.626. The highest BCUT2D eigenvalue weighted by molar-refractivity contribution is 6.30. The summed E-state index contributed by atoms with van der Waals surface area (Å²) in [5.74, 6) is -0.249. The zero-order valence-electron chi connectivity index (χ0n) is 22.2. The molecule has 2 saturated carbocycles. The average Bonchev–Trinajstić information content (AvgIpc) is 3.66. The fourth-order valence-corrected chi connectivity index (χ4v) is 5.36. The highest BCUT2D eigenvalue weighted by atomic mass is 35.5. The van der Waals surface area contributed by atoms with Crippen LogP contribution in [0.15, 0.2) is 55.0 Å². The number of carbonyl (C=O) groups is 2. The number of aromatic nitrogens is 4. The standard InChI is InChI=1S/C29H30ClFN8O2/c30-18-2-1-3-21(13-18)36-27(40)12-17-4-6-20(7-5-17)35-26-14-24(34-19-8-9-19)28-33-16-25(39(28)38-26)29(41)37-23-10-11-32-15-22(23)31/h1-3,10-11,13-17,19-20,34H,4-9,12H2,(H,35,38)(H,36,40)(H,32,37,41). The molecule has 2 aliphatic rings. The Hall–Kier alpha value is -4.25. The molecule has 0 saturated heterocycles. The normalized spacial score (nSPS) is 18.6. The fourth-order valence-electron chi connectivity index (χ4n) is 5.17. The molecule has 0 spiro atoms. The van der Waals surface area contributed by atoms with Crippen molar-refractivity contribution in [2.24, 2.45) is 5.92 Å². The van der Waals surface area contributed by atoms with E-state index in [0.29, 0.717) is 40.6 Å². The number of rotatable bonds is 9. The minimum Gasteiger partial charge on any atom is -0.379 e. The fraction of sp³-hybridized carbons (Fsp3) is 0.345. The maximum absolute atomic E-state index is 14.1. The summed E-state index contributed by atoms with van der Waals surface area (Å²) in [6.07, 6.45) is 10.1. The van der Waals surface area contributed by atoms with Crippen LogP contribution in [-0.4, -0.2) is 43.5 Å². The van der Waals surface area contributed by atoms with E-state index in [4.69, 9.17) is 11.6 Å². The Morgan fingerprint density at radius 3 is 2.49 bits per heavy atom. The molecule has 0 atom stereocenters. The van der Waals surface area contributed by atoms with Crippen molar-refractivity contribution in [1.82, 2.24) is 19.6 Å². The van der Waals surface area contributed by atoms with Gasteiger partial charge in [0.25, 0.3) is 5.91 Å². The molecule has 212 valence electrons. The van der Waals surface area contributed by atoms with E-state index >= 15 is 0 Å². The van der Waals surface area contributed by atoms with Crippen molar-refractivity contribution >= 4 is 51.9 Å². The number of pyridine rings is 1. The van der Waals surface area contributed by atoms with Gasteiger partial charge in [0.2, 0.25) is 5.91 Å². The summed E-state index contributed by atoms with van der Waals surface area (Å²) in [4.78, 5) is 33.8. The number of hydrogen-bond acceptors (Lipinski definition) is 7. The molecule has 4 aromatic rings. The number of hydrogen-bond donors (Lipinski definition) is 4. The topological polar surface area (TPSA) is 125 Å². The van der Waals surface area contributed by atoms with Crippen molar-refractivity contribution in [2.75, 3.05) is 21.3 Å². The first-order valence-corrected chi connectivity index (χ1v) is 14.2. The molecule has 2 amide bonds. The van der Waals surface area contributed by atoms with E-state index in [1.165, 1.54) is 23.0 Å². The number of fused-ring (bicyclic) bond motifs is 1. The first-order valence-electron chi connectivity index (χ1n) is 13.8. The van der Waals surface area contributed by atoms with Gasteiger partial charge in [-0.15, -0.1) is 5.10 Å². The van der Waals surface area contributed by atoms with Gasteiger partial charge in [-0.25, -0.2) is 13.9 Å². The molecule has 4 N–H and O–H groups in total. The Labute approximate surface area is 241 Å². The zero-order valence-corrected chi connectivity index (χ0v) is 23.0. The number of nitrogens with zero attached hydrogens (tertiary/aromatic N) is 4. The second kappa shape index (κ2) is 11.7. The van der Waals surface area contributed by atoms with Crippen molar-refractivity contribution in [2.45, 2.75) is 57.0 Å². The number of benzene rings is 1. The van der Waals surface area contributed by atoms with Gasteiger partial charge >= 0.3 is 0 Å². The molecule has 0 unspecified atom stereocenters. The van der Waals surface area contributed by atoms with Gasteiger partial charge < -0.3 is 21.3 Å². The molecule has 6 rings (SSSR count). The summed E-state index contributed by atoms with van der Waals surface area (Å²) < 4.78 is 15.6. The second-order valence-corrected chi connectivity index (χ2v) is 11.1. The van der Waals surface area contributed by atoms with E-state index in [0.717, 1.165) is 50.4 Å². The SMILES string of the molecule is O=C(CC1CCC(Nc2cc(NC3CC3)c3ncc(C(=O)Nc4ccncc4F)n3n2)CC1)Nc1cccc(Cl)c1. The summed E-state index contributed by atoms with van der Waals surface area (Å²) in [6.45, 7) is 0. The van der Waals surface area contributed by atoms with E-state index in [1.807, 2.05) is 18.2 Å². The lowest BCUT2D eigenvalue weighted by Crippen LogP contribution is -2.29. The van der Waals surface area contributed by atoms with Crippen LogP contribution in [0.3, 0.4) is 0 Å². The lowest BCUT2D eigenvalue weighted by Gasteiger charge is -2.29. The Morgan fingerprint density at radius 2 is 1.73 bits per heavy atom. The van der Waals surface area contributed by atoms with Crippen LogP contribution in [0.5, 0.6) is 0 Å². The first-order chi connectivity index (χ1) is 19.9. The molecular formula is C29H30ClFN8O2. The number of amides is 2. The molecular weight excluding hydrogens is 547 g/mol. The Balaban J connectivity index is 1.12. The highest BCUT2D eigenvalue weighted by Crippen LogP contribution is 2.32. The molecule has 10 nitrogen and oxygen atoms in total. The number of halogens is 2. The van der Waals surface area contributed by atoms with Crippen molar-refractivity contribution in [3.8, 4) is 0 Å². The van der Waals surface area contributed by atoms with E-state index in [9.17, 15) is 14.0 Å². The Morgan fingerprint density at radius 1 is 0.951 bits per heavy atom. The molecule has 1 aromatic carbocycles. The van der Waals surface area contributed by atoms with Crippen LogP contribution in [0.2, 0.25) is 5.02 Å². The monoisotopic (exact) mass is 576 g/mol. The molecule has 0 bridgehead atoms. The smallest absolute Gasteiger partial charge is 0.276 e. The van der Waals surface area contributed by atoms with Crippen molar-refractivity contribution in [3.05, 3.63) is 71.5 Å². The van der Waals surface area contributed by atoms with Gasteiger partial charge in [0.1, 0.15) is 5.82 Å². The number of imidazole rings is 1. The van der Waals surface area contributed by atoms with Crippen molar-refractivity contribution in [3.63, 3.8) is 0 Å². The van der Waals surface area contributed by atoms with Crippen LogP contribution in [0.1, 0.15) is 55.4 Å². The molecule has 3 aromatic heterocycles. The predicted octanol–water partition coefficient (Wildman–Crippen LogP) is 5.74. The average molecular weight is 577 g/mol. The predicted molar refractivity (Wildman–Crippen MR) is 156 cm³/mol. The second-order valence-electron chi connectivity index (χ2n) is 10.7. The van der Waals surface area contributed by atoms with Gasteiger partial charge in [0, 0.05) is 41.5 Å². The van der Waals surface area contributed by atoms with Crippen LogP contribution in [0.25, 0.3) is 5.65 Å². The molecule has 0 radical (unpaired) electrons. The molecule has 41 heavy (non-hydrogen) atoms. The molecule has 0 aliphatic heterocycles. The third-order valence-corrected chi connectivity index (χ3v) is 7.67. The minimum absolute atomic E-state index is 0.0100. The lowest BCUT2D eigenvalue weighted by atomic mass is 9.84. The van der Waals surface area contributed by atoms with Gasteiger partial charge in [0.15, 0.2) is 17.2 Å². The van der Waals surface area contributed by atoms with E-state index in [2.05, 4.69) is 36.3 Å². The maximum atomic E-state index is 14.1. The molecule has 2 aliphatic carbocycles. The van der Waals surface area contributed by atoms with Crippen LogP contribution >= 0.6 is 11.6 Å². The summed E-state index contributed by atoms with van der Waals surface area (Å²) in [5, 5.41) is 17.8. The first kappa shape index (κ1) is 26.9. The Kier molecular flexibility index (Phi) is 7.69. The van der Waals surface area contributed by atoms with Crippen LogP contribution < -0.4 is 21.3 Å². The summed E-state index contributed by atoms with van der Waals surface area (Å²) >= 11 is 6.02. The summed E-state index contributed by atoms with van der Waals surface area (Å²) in [5.41, 5.74) is 2.23. The molecule has 3 heterocycles. The van der Waals surface area contributed by atoms with Crippen molar-refractivity contribution < 1.29 is 14.0 Å². The van der Waals surface area contributed by atoms with E-state index in [-0.39, 0.29) is 23.3 Å². The van der Waals surface area contributed by atoms with Gasteiger partial charge in [-0.3, -0.25) is 14.6 Å². The third-order valence-electron chi connectivity index (χ3n) is 7.44. The number of carbonyl (C=O) groups excluding carboxylic acids is 2. The van der Waals surface area contributed by atoms with Gasteiger partial charge in [0.05, 0.1) is 23.8 Å². The zero-order chi connectivity index (χ0) is 28.3. The molecule has 12 heteroatoms. The highest BCUT2D eigenvalue weighted by Gasteiger charge is 2.27. The quantitative estimate of drug-likeness (QED) is 0.200.